The minimum atomic E-state index is -2.36. The third kappa shape index (κ3) is 2.39. The van der Waals surface area contributed by atoms with Gasteiger partial charge in [-0.05, 0) is 19.3 Å². The molecule has 136 valence electrons. The summed E-state index contributed by atoms with van der Waals surface area (Å²) in [6, 6.07) is 0. The predicted octanol–water partition coefficient (Wildman–Crippen LogP) is -0.957. The van der Waals surface area contributed by atoms with Crippen molar-refractivity contribution in [1.82, 2.24) is 0 Å². The van der Waals surface area contributed by atoms with Crippen molar-refractivity contribution in [3.8, 4) is 0 Å². The molecule has 0 aromatic carbocycles. The van der Waals surface area contributed by atoms with Crippen LogP contribution in [0.3, 0.4) is 0 Å². The van der Waals surface area contributed by atoms with Gasteiger partial charge < -0.3 is 19.7 Å². The first-order valence-electron chi connectivity index (χ1n) is 7.28. The van der Waals surface area contributed by atoms with Crippen LogP contribution < -0.4 is 0 Å². The number of carbonyl (C=O) groups excluding carboxylic acids is 4. The highest BCUT2D eigenvalue weighted by Crippen LogP contribution is 2.56. The first-order valence-corrected chi connectivity index (χ1v) is 7.28. The second-order valence-electron chi connectivity index (χ2n) is 6.24. The molecule has 2 N–H and O–H groups in total. The average molecular weight is 356 g/mol. The number of rotatable bonds is 4. The van der Waals surface area contributed by atoms with E-state index in [1.807, 2.05) is 0 Å². The summed E-state index contributed by atoms with van der Waals surface area (Å²) in [5.74, 6) is -11.2. The van der Waals surface area contributed by atoms with Gasteiger partial charge in [-0.3, -0.25) is 28.8 Å². The molecule has 0 aliphatic heterocycles. The van der Waals surface area contributed by atoms with Gasteiger partial charge in [0.2, 0.25) is 0 Å². The van der Waals surface area contributed by atoms with Crippen LogP contribution in [0.15, 0.2) is 0 Å². The molecule has 2 aliphatic rings. The Morgan fingerprint density at radius 3 is 1.40 bits per heavy atom. The number of hydrogen-bond donors (Lipinski definition) is 2. The summed E-state index contributed by atoms with van der Waals surface area (Å²) in [5, 5.41) is 19.2. The predicted molar refractivity (Wildman–Crippen MR) is 75.0 cm³/mol. The third-order valence-corrected chi connectivity index (χ3v) is 5.08. The van der Waals surface area contributed by atoms with Gasteiger partial charge in [-0.15, -0.1) is 0 Å². The van der Waals surface area contributed by atoms with Crippen LogP contribution in [0.25, 0.3) is 0 Å². The van der Waals surface area contributed by atoms with Gasteiger partial charge in [-0.25, -0.2) is 0 Å². The molecule has 0 heterocycles. The summed E-state index contributed by atoms with van der Waals surface area (Å²) < 4.78 is 8.91. The number of ether oxygens (including phenoxy) is 2. The molecule has 10 nitrogen and oxygen atoms in total. The monoisotopic (exact) mass is 356 g/mol. The summed E-state index contributed by atoms with van der Waals surface area (Å²) in [4.78, 5) is 72.9. The van der Waals surface area contributed by atoms with Crippen molar-refractivity contribution in [3.05, 3.63) is 0 Å². The number of hydrogen-bond acceptors (Lipinski definition) is 8. The molecule has 2 rings (SSSR count). The zero-order chi connectivity index (χ0) is 19.2. The summed E-state index contributed by atoms with van der Waals surface area (Å²) >= 11 is 0. The minimum absolute atomic E-state index is 0.755. The number of esters is 2. The first-order chi connectivity index (χ1) is 11.6. The van der Waals surface area contributed by atoms with Crippen molar-refractivity contribution in [2.24, 2.45) is 22.7 Å². The maximum Gasteiger partial charge on any atom is 0.317 e. The van der Waals surface area contributed by atoms with Crippen LogP contribution in [0.4, 0.5) is 0 Å². The van der Waals surface area contributed by atoms with Crippen molar-refractivity contribution in [2.75, 3.05) is 14.2 Å². The number of ketones is 2. The molecular formula is C15H16O10. The van der Waals surface area contributed by atoms with E-state index in [9.17, 15) is 39.0 Å². The second-order valence-corrected chi connectivity index (χ2v) is 6.24. The number of fused-ring (bicyclic) bond motifs is 2. The topological polar surface area (TPSA) is 161 Å². The summed E-state index contributed by atoms with van der Waals surface area (Å²) in [5.41, 5.74) is -4.72. The Labute approximate surface area is 141 Å². The van der Waals surface area contributed by atoms with Gasteiger partial charge in [-0.1, -0.05) is 0 Å². The lowest BCUT2D eigenvalue weighted by Gasteiger charge is -2.49. The highest BCUT2D eigenvalue weighted by atomic mass is 16.5. The van der Waals surface area contributed by atoms with Gasteiger partial charge >= 0.3 is 23.9 Å². The van der Waals surface area contributed by atoms with Crippen LogP contribution >= 0.6 is 0 Å². The molecule has 0 aromatic rings. The molecule has 25 heavy (non-hydrogen) atoms. The van der Waals surface area contributed by atoms with E-state index in [4.69, 9.17) is 0 Å². The summed E-state index contributed by atoms with van der Waals surface area (Å²) in [7, 11) is 1.92. The molecular weight excluding hydrogens is 340 g/mol. The average Bonchev–Trinajstić information content (AvgIpc) is 2.58. The molecule has 0 spiro atoms. The maximum atomic E-state index is 12.7. The van der Waals surface area contributed by atoms with E-state index >= 15 is 0 Å². The lowest BCUT2D eigenvalue weighted by atomic mass is 9.48. The zero-order valence-electron chi connectivity index (χ0n) is 13.4. The molecule has 0 radical (unpaired) electrons. The SMILES string of the molecule is COC(=O)[C@H]1C[C@]2(C(=O)O)C[C@@](C(=O)O)(C[C@@H](C(=O)OC)C2=O)C1=O. The Hall–Kier alpha value is -2.78. The largest absolute Gasteiger partial charge is 0.480 e. The highest BCUT2D eigenvalue weighted by Gasteiger charge is 2.71. The maximum absolute atomic E-state index is 12.7. The molecule has 0 amide bonds. The van der Waals surface area contributed by atoms with Crippen LogP contribution in [0, 0.1) is 22.7 Å². The fourth-order valence-electron chi connectivity index (χ4n) is 3.79. The van der Waals surface area contributed by atoms with Crippen molar-refractivity contribution < 1.29 is 48.5 Å². The van der Waals surface area contributed by atoms with Crippen LogP contribution in [0.5, 0.6) is 0 Å². The van der Waals surface area contributed by atoms with E-state index in [1.54, 1.807) is 0 Å². The molecule has 2 bridgehead atoms. The Kier molecular flexibility index (Phi) is 4.41. The molecule has 0 unspecified atom stereocenters. The summed E-state index contributed by atoms with van der Waals surface area (Å²) in [6.07, 6.45) is -2.33. The van der Waals surface area contributed by atoms with E-state index in [1.165, 1.54) is 0 Å². The highest BCUT2D eigenvalue weighted by molar-refractivity contribution is 6.20. The summed E-state index contributed by atoms with van der Waals surface area (Å²) in [6.45, 7) is 0. The van der Waals surface area contributed by atoms with Crippen molar-refractivity contribution in [3.63, 3.8) is 0 Å². The van der Waals surface area contributed by atoms with Gasteiger partial charge in [0.25, 0.3) is 0 Å². The van der Waals surface area contributed by atoms with E-state index in [0.29, 0.717) is 0 Å². The molecule has 10 heteroatoms. The van der Waals surface area contributed by atoms with Crippen LogP contribution in [0.2, 0.25) is 0 Å². The Morgan fingerprint density at radius 1 is 0.840 bits per heavy atom. The number of carboxylic acid groups (broad SMARTS) is 2. The fraction of sp³-hybridized carbons (Fsp3) is 0.600. The number of carboxylic acids is 2. The molecule has 0 saturated heterocycles. The van der Waals surface area contributed by atoms with E-state index in [0.717, 1.165) is 14.2 Å². The minimum Gasteiger partial charge on any atom is -0.480 e. The van der Waals surface area contributed by atoms with E-state index in [2.05, 4.69) is 9.47 Å². The normalized spacial score (nSPS) is 34.2. The lowest BCUT2D eigenvalue weighted by Crippen LogP contribution is -2.65. The smallest absolute Gasteiger partial charge is 0.317 e. The van der Waals surface area contributed by atoms with Gasteiger partial charge in [0, 0.05) is 0 Å². The van der Waals surface area contributed by atoms with Crippen LogP contribution in [0.1, 0.15) is 19.3 Å². The van der Waals surface area contributed by atoms with Gasteiger partial charge in [-0.2, -0.15) is 0 Å². The zero-order valence-corrected chi connectivity index (χ0v) is 13.4. The fourth-order valence-corrected chi connectivity index (χ4v) is 3.79. The quantitative estimate of drug-likeness (QED) is 0.474. The molecule has 2 aliphatic carbocycles. The number of methoxy groups -OCH3 is 2. The Balaban J connectivity index is 2.71. The Bertz CT molecular complexity index is 636. The second kappa shape index (κ2) is 5.94. The molecule has 0 aromatic heterocycles. The third-order valence-electron chi connectivity index (χ3n) is 5.08. The van der Waals surface area contributed by atoms with Gasteiger partial charge in [0.1, 0.15) is 22.7 Å². The van der Waals surface area contributed by atoms with Gasteiger partial charge in [0.15, 0.2) is 11.6 Å². The lowest BCUT2D eigenvalue weighted by molar-refractivity contribution is -0.186. The number of Topliss-reactive ketones (excluding diaryl/α,β-unsaturated/α-hetero) is 2. The van der Waals surface area contributed by atoms with Crippen molar-refractivity contribution in [2.45, 2.75) is 19.3 Å². The van der Waals surface area contributed by atoms with Crippen LogP contribution in [-0.4, -0.2) is 59.9 Å². The molecule has 4 atom stereocenters. The van der Waals surface area contributed by atoms with E-state index in [-0.39, 0.29) is 0 Å². The van der Waals surface area contributed by atoms with Crippen molar-refractivity contribution >= 4 is 35.4 Å². The number of aliphatic carboxylic acids is 2. The number of carbonyl (C=O) groups is 6. The Morgan fingerprint density at radius 2 is 1.16 bits per heavy atom. The van der Waals surface area contributed by atoms with Gasteiger partial charge in [0.05, 0.1) is 14.2 Å². The molecule has 2 fully saturated rings. The van der Waals surface area contributed by atoms with Crippen molar-refractivity contribution in [1.29, 1.82) is 0 Å². The van der Waals surface area contributed by atoms with Crippen LogP contribution in [-0.2, 0) is 38.2 Å². The standard InChI is InChI=1S/C15H16O10/c1-24-10(18)6-3-14(12(20)21)5-15(8(6)16,13(22)23)4-7(9(14)17)11(19)25-2/h6-7H,3-5H2,1-2H3,(H,20,21)(H,22,23)/t6-,7+,14-,15-/m0/s1. The first kappa shape index (κ1) is 18.6. The molecule has 2 saturated carbocycles. The van der Waals surface area contributed by atoms with E-state index < -0.39 is 77.4 Å².